The molecule has 148 valence electrons. The van der Waals surface area contributed by atoms with Gasteiger partial charge in [-0.2, -0.15) is 0 Å². The fourth-order valence-corrected chi connectivity index (χ4v) is 3.36. The molecular weight excluding hydrogens is 385 g/mol. The van der Waals surface area contributed by atoms with Crippen LogP contribution in [0.2, 0.25) is 5.02 Å². The van der Waals surface area contributed by atoms with Gasteiger partial charge in [0.05, 0.1) is 18.1 Å². The van der Waals surface area contributed by atoms with Gasteiger partial charge in [-0.15, -0.1) is 0 Å². The van der Waals surface area contributed by atoms with Crippen molar-refractivity contribution >= 4 is 23.5 Å². The summed E-state index contributed by atoms with van der Waals surface area (Å²) in [5, 5.41) is -0.618. The molecular formula is C19H20ClF3O4. The smallest absolute Gasteiger partial charge is 0.333 e. The minimum absolute atomic E-state index is 0.282. The van der Waals surface area contributed by atoms with Crippen LogP contribution in [0.3, 0.4) is 0 Å². The zero-order valence-electron chi connectivity index (χ0n) is 15.6. The average molecular weight is 405 g/mol. The minimum Gasteiger partial charge on any atom is -0.466 e. The fraction of sp³-hybridized carbons (Fsp3) is 0.474. The third-order valence-electron chi connectivity index (χ3n) is 5.03. The van der Waals surface area contributed by atoms with E-state index in [1.807, 2.05) is 13.8 Å². The molecule has 0 radical (unpaired) electrons. The van der Waals surface area contributed by atoms with E-state index in [2.05, 4.69) is 4.74 Å². The van der Waals surface area contributed by atoms with Gasteiger partial charge in [0.15, 0.2) is 11.6 Å². The van der Waals surface area contributed by atoms with Crippen LogP contribution in [-0.4, -0.2) is 19.0 Å². The molecule has 1 aromatic carbocycles. The standard InChI is InChI=1S/C19H20ClF3O4/c1-8(17(24)26-5)6-11-12(19(11,3)4)18(25)27-7-10-13(20)14(21)9(2)15(22)16(10)23/h6,11-12H,7H2,1-5H3/b8-6+. The summed E-state index contributed by atoms with van der Waals surface area (Å²) in [6.07, 6.45) is 1.62. The number of carbonyl (C=O) groups is 2. The largest absolute Gasteiger partial charge is 0.466 e. The maximum Gasteiger partial charge on any atom is 0.333 e. The molecule has 1 saturated carbocycles. The Kier molecular flexibility index (Phi) is 5.94. The second-order valence-electron chi connectivity index (χ2n) is 7.13. The maximum atomic E-state index is 14.0. The Morgan fingerprint density at radius 1 is 1.19 bits per heavy atom. The molecule has 0 saturated heterocycles. The first-order valence-electron chi connectivity index (χ1n) is 8.19. The number of halogens is 4. The minimum atomic E-state index is -1.37. The van der Waals surface area contributed by atoms with Gasteiger partial charge in [0.2, 0.25) is 0 Å². The first-order chi connectivity index (χ1) is 12.4. The van der Waals surface area contributed by atoms with E-state index in [9.17, 15) is 22.8 Å². The van der Waals surface area contributed by atoms with E-state index >= 15 is 0 Å². The summed E-state index contributed by atoms with van der Waals surface area (Å²) in [7, 11) is 1.25. The molecule has 0 aliphatic heterocycles. The Morgan fingerprint density at radius 3 is 2.33 bits per heavy atom. The molecule has 4 nitrogen and oxygen atoms in total. The molecule has 8 heteroatoms. The summed E-state index contributed by atoms with van der Waals surface area (Å²) in [5.41, 5.74) is -1.23. The van der Waals surface area contributed by atoms with E-state index in [-0.39, 0.29) is 5.92 Å². The molecule has 1 aliphatic carbocycles. The topological polar surface area (TPSA) is 52.6 Å². The quantitative estimate of drug-likeness (QED) is 0.412. The zero-order chi connectivity index (χ0) is 20.7. The number of carbonyl (C=O) groups excluding carboxylic acids is 2. The number of allylic oxidation sites excluding steroid dienone is 1. The molecule has 1 fully saturated rings. The molecule has 0 aromatic heterocycles. The van der Waals surface area contributed by atoms with Gasteiger partial charge < -0.3 is 9.47 Å². The zero-order valence-corrected chi connectivity index (χ0v) is 16.3. The van der Waals surface area contributed by atoms with E-state index in [1.54, 1.807) is 13.0 Å². The Hall–Kier alpha value is -2.02. The highest BCUT2D eigenvalue weighted by molar-refractivity contribution is 6.31. The predicted octanol–water partition coefficient (Wildman–Crippen LogP) is 4.50. The Labute approximate surface area is 160 Å². The lowest BCUT2D eigenvalue weighted by atomic mass is 10.1. The maximum absolute atomic E-state index is 14.0. The van der Waals surface area contributed by atoms with Crippen LogP contribution in [0, 0.1) is 41.6 Å². The van der Waals surface area contributed by atoms with Gasteiger partial charge in [0, 0.05) is 16.7 Å². The van der Waals surface area contributed by atoms with Crippen LogP contribution < -0.4 is 0 Å². The fourth-order valence-electron chi connectivity index (χ4n) is 3.08. The van der Waals surface area contributed by atoms with Gasteiger partial charge in [0.1, 0.15) is 12.4 Å². The van der Waals surface area contributed by atoms with Crippen molar-refractivity contribution in [2.75, 3.05) is 7.11 Å². The van der Waals surface area contributed by atoms with E-state index in [1.165, 1.54) is 7.11 Å². The van der Waals surface area contributed by atoms with Gasteiger partial charge in [-0.3, -0.25) is 4.79 Å². The average Bonchev–Trinajstić information content (AvgIpc) is 3.17. The molecule has 2 unspecified atom stereocenters. The molecule has 0 N–H and O–H groups in total. The summed E-state index contributed by atoms with van der Waals surface area (Å²) in [5.74, 6) is -5.86. The summed E-state index contributed by atoms with van der Waals surface area (Å²) < 4.78 is 51.2. The van der Waals surface area contributed by atoms with Crippen molar-refractivity contribution in [1.82, 2.24) is 0 Å². The Morgan fingerprint density at radius 2 is 1.78 bits per heavy atom. The Bertz CT molecular complexity index is 804. The lowest BCUT2D eigenvalue weighted by Crippen LogP contribution is -2.13. The molecule has 1 aromatic rings. The Balaban J connectivity index is 2.15. The predicted molar refractivity (Wildman–Crippen MR) is 92.4 cm³/mol. The summed E-state index contributed by atoms with van der Waals surface area (Å²) in [4.78, 5) is 23.9. The van der Waals surface area contributed by atoms with Crippen molar-refractivity contribution in [2.45, 2.75) is 34.3 Å². The first-order valence-corrected chi connectivity index (χ1v) is 8.57. The third kappa shape index (κ3) is 3.83. The van der Waals surface area contributed by atoms with Crippen molar-refractivity contribution in [3.8, 4) is 0 Å². The number of hydrogen-bond donors (Lipinski definition) is 0. The second-order valence-corrected chi connectivity index (χ2v) is 7.51. The van der Waals surface area contributed by atoms with Crippen molar-refractivity contribution in [2.24, 2.45) is 17.3 Å². The van der Waals surface area contributed by atoms with Crippen LogP contribution in [0.5, 0.6) is 0 Å². The normalized spacial score (nSPS) is 21.0. The number of ether oxygens (including phenoxy) is 2. The number of methoxy groups -OCH3 is 1. The molecule has 0 spiro atoms. The number of benzene rings is 1. The highest BCUT2D eigenvalue weighted by atomic mass is 35.5. The summed E-state index contributed by atoms with van der Waals surface area (Å²) in [6.45, 7) is 5.54. The van der Waals surface area contributed by atoms with Crippen molar-refractivity contribution in [1.29, 1.82) is 0 Å². The van der Waals surface area contributed by atoms with Crippen LogP contribution in [0.15, 0.2) is 11.6 Å². The number of esters is 2. The lowest BCUT2D eigenvalue weighted by molar-refractivity contribution is -0.147. The molecule has 2 atom stereocenters. The van der Waals surface area contributed by atoms with Crippen LogP contribution in [-0.2, 0) is 25.7 Å². The van der Waals surface area contributed by atoms with Crippen LogP contribution in [0.1, 0.15) is 31.9 Å². The van der Waals surface area contributed by atoms with Crippen LogP contribution in [0.25, 0.3) is 0 Å². The van der Waals surface area contributed by atoms with Crippen LogP contribution in [0.4, 0.5) is 13.2 Å². The van der Waals surface area contributed by atoms with Crippen molar-refractivity contribution < 1.29 is 32.2 Å². The lowest BCUT2D eigenvalue weighted by Gasteiger charge is -2.11. The van der Waals surface area contributed by atoms with Gasteiger partial charge in [-0.05, 0) is 25.2 Å². The molecule has 0 heterocycles. The first kappa shape index (κ1) is 21.3. The third-order valence-corrected chi connectivity index (χ3v) is 5.43. The van der Waals surface area contributed by atoms with Crippen LogP contribution >= 0.6 is 11.6 Å². The monoisotopic (exact) mass is 404 g/mol. The molecule has 27 heavy (non-hydrogen) atoms. The van der Waals surface area contributed by atoms with Crippen molar-refractivity contribution in [3.05, 3.63) is 45.3 Å². The molecule has 1 aliphatic rings. The molecule has 0 amide bonds. The van der Waals surface area contributed by atoms with E-state index in [0.29, 0.717) is 5.57 Å². The molecule has 0 bridgehead atoms. The second kappa shape index (κ2) is 7.54. The highest BCUT2D eigenvalue weighted by Crippen LogP contribution is 2.60. The molecule has 2 rings (SSSR count). The van der Waals surface area contributed by atoms with Gasteiger partial charge >= 0.3 is 11.9 Å². The number of rotatable bonds is 5. The summed E-state index contributed by atoms with van der Waals surface area (Å²) >= 11 is 5.72. The summed E-state index contributed by atoms with van der Waals surface area (Å²) in [6, 6.07) is 0. The number of hydrogen-bond acceptors (Lipinski definition) is 4. The van der Waals surface area contributed by atoms with E-state index in [0.717, 1.165) is 6.92 Å². The highest BCUT2D eigenvalue weighted by Gasteiger charge is 2.61. The van der Waals surface area contributed by atoms with Gasteiger partial charge in [0.25, 0.3) is 0 Å². The SMILES string of the molecule is COC(=O)/C(C)=C/C1C(C(=O)OCc2c(F)c(F)c(C)c(F)c2Cl)C1(C)C. The van der Waals surface area contributed by atoms with Gasteiger partial charge in [-0.1, -0.05) is 31.5 Å². The van der Waals surface area contributed by atoms with E-state index < -0.39 is 63.5 Å². The van der Waals surface area contributed by atoms with Gasteiger partial charge in [-0.25, -0.2) is 18.0 Å². The van der Waals surface area contributed by atoms with Crippen molar-refractivity contribution in [3.63, 3.8) is 0 Å². The van der Waals surface area contributed by atoms with E-state index in [4.69, 9.17) is 16.3 Å².